The number of aryl methyl sites for hydroxylation is 2. The minimum Gasteiger partial charge on any atom is -0.450 e. The van der Waals surface area contributed by atoms with Crippen LogP contribution in [0.25, 0.3) is 0 Å². The zero-order valence-electron chi connectivity index (χ0n) is 25.0. The Kier molecular flexibility index (Phi) is 8.77. The average molecular weight is 628 g/mol. The summed E-state index contributed by atoms with van der Waals surface area (Å²) in [5.74, 6) is -0.298. The van der Waals surface area contributed by atoms with Gasteiger partial charge < -0.3 is 15.0 Å². The van der Waals surface area contributed by atoms with Crippen LogP contribution in [0, 0.1) is 25.7 Å². The summed E-state index contributed by atoms with van der Waals surface area (Å²) in [5.41, 5.74) is 2.72. The van der Waals surface area contributed by atoms with Crippen LogP contribution in [0.3, 0.4) is 0 Å². The fourth-order valence-corrected chi connectivity index (χ4v) is 8.86. The molecule has 1 fully saturated rings. The van der Waals surface area contributed by atoms with E-state index >= 15 is 0 Å². The highest BCUT2D eigenvalue weighted by atomic mass is 32.2. The third-order valence-corrected chi connectivity index (χ3v) is 10.8. The largest absolute Gasteiger partial charge is 0.450 e. The van der Waals surface area contributed by atoms with Crippen LogP contribution in [-0.2, 0) is 27.7 Å². The third-order valence-electron chi connectivity index (χ3n) is 7.82. The zero-order valence-corrected chi connectivity index (χ0v) is 26.7. The van der Waals surface area contributed by atoms with Gasteiger partial charge in [-0.1, -0.05) is 13.8 Å². The van der Waals surface area contributed by atoms with Gasteiger partial charge in [0.05, 0.1) is 29.3 Å². The number of hydrogen-bond donors (Lipinski definition) is 1. The number of rotatable bonds is 6. The highest BCUT2D eigenvalue weighted by molar-refractivity contribution is 7.89. The summed E-state index contributed by atoms with van der Waals surface area (Å²) in [6.07, 6.45) is 0.977. The molecule has 43 heavy (non-hydrogen) atoms. The van der Waals surface area contributed by atoms with Crippen molar-refractivity contribution in [2.75, 3.05) is 31.6 Å². The van der Waals surface area contributed by atoms with E-state index in [-0.39, 0.29) is 41.4 Å². The Morgan fingerprint density at radius 1 is 1.09 bits per heavy atom. The molecule has 13 heteroatoms. The van der Waals surface area contributed by atoms with Gasteiger partial charge >= 0.3 is 6.09 Å². The number of nitrogens with one attached hydrogen (secondary N) is 1. The van der Waals surface area contributed by atoms with E-state index in [4.69, 9.17) is 4.74 Å². The van der Waals surface area contributed by atoms with Gasteiger partial charge in [0.2, 0.25) is 10.0 Å². The van der Waals surface area contributed by atoms with Gasteiger partial charge in [0, 0.05) is 35.8 Å². The van der Waals surface area contributed by atoms with E-state index in [1.54, 1.807) is 31.7 Å². The molecule has 1 N–H and O–H groups in total. The Morgan fingerprint density at radius 3 is 2.37 bits per heavy atom. The molecule has 2 aliphatic heterocycles. The van der Waals surface area contributed by atoms with Gasteiger partial charge in [0.25, 0.3) is 11.8 Å². The maximum atomic E-state index is 13.8. The molecule has 2 aliphatic rings. The molecule has 3 aromatic rings. The van der Waals surface area contributed by atoms with E-state index in [0.29, 0.717) is 48.0 Å². The van der Waals surface area contributed by atoms with Crippen molar-refractivity contribution in [2.45, 2.75) is 58.9 Å². The minimum atomic E-state index is -3.69. The molecule has 0 bridgehead atoms. The predicted molar refractivity (Wildman–Crippen MR) is 163 cm³/mol. The van der Waals surface area contributed by atoms with Crippen LogP contribution in [-0.4, -0.2) is 71.6 Å². The lowest BCUT2D eigenvalue weighted by Crippen LogP contribution is -2.42. The van der Waals surface area contributed by atoms with Crippen LogP contribution < -0.4 is 5.32 Å². The molecular formula is C30H37N5O6S2. The number of amides is 2. The molecule has 1 saturated heterocycles. The molecule has 2 amide bonds. The number of benzene rings is 1. The van der Waals surface area contributed by atoms with Gasteiger partial charge in [-0.15, -0.1) is 11.3 Å². The van der Waals surface area contributed by atoms with Crippen molar-refractivity contribution in [3.63, 3.8) is 0 Å². The lowest BCUT2D eigenvalue weighted by atomic mass is 9.94. The number of fused-ring (bicyclic) bond motifs is 1. The second-order valence-corrected chi connectivity index (χ2v) is 14.5. The molecule has 0 saturated carbocycles. The van der Waals surface area contributed by atoms with Crippen LogP contribution >= 0.6 is 11.3 Å². The van der Waals surface area contributed by atoms with Gasteiger partial charge in [-0.2, -0.15) is 9.40 Å². The van der Waals surface area contributed by atoms with Crippen LogP contribution in [0.1, 0.15) is 69.7 Å². The summed E-state index contributed by atoms with van der Waals surface area (Å²) in [4.78, 5) is 42.1. The first-order valence-corrected chi connectivity index (χ1v) is 16.7. The number of piperidine rings is 1. The number of thiophene rings is 1. The molecule has 5 rings (SSSR count). The Bertz CT molecular complexity index is 1650. The summed E-state index contributed by atoms with van der Waals surface area (Å²) in [5, 5.41) is 7.59. The number of carbonyl (C=O) groups excluding carboxylic acids is 3. The number of carbonyl (C=O) groups is 3. The highest BCUT2D eigenvalue weighted by Gasteiger charge is 2.34. The SMILES string of the molecule is CCOC(=O)N1CCc2c(sc(NC(=O)c3ccc(S(=O)(=O)N4CC(C)CC(C)C4)cc3)c2C(=O)n2nc(C)cc2C)C1. The molecule has 2 unspecified atom stereocenters. The molecule has 0 aliphatic carbocycles. The minimum absolute atomic E-state index is 0.136. The fraction of sp³-hybridized carbons (Fsp3) is 0.467. The maximum Gasteiger partial charge on any atom is 0.410 e. The van der Waals surface area contributed by atoms with Crippen molar-refractivity contribution in [3.8, 4) is 0 Å². The number of nitrogens with zero attached hydrogens (tertiary/aromatic N) is 4. The molecule has 0 radical (unpaired) electrons. The normalized spacial score (nSPS) is 19.1. The first-order chi connectivity index (χ1) is 20.4. The fourth-order valence-electron chi connectivity index (χ4n) is 5.93. The Labute approximate surface area is 255 Å². The average Bonchev–Trinajstić information content (AvgIpc) is 3.49. The Balaban J connectivity index is 1.42. The van der Waals surface area contributed by atoms with Crippen LogP contribution in [0.15, 0.2) is 35.2 Å². The first kappa shape index (κ1) is 30.9. The Hall–Kier alpha value is -3.55. The smallest absolute Gasteiger partial charge is 0.410 e. The van der Waals surface area contributed by atoms with Gasteiger partial charge in [0.15, 0.2) is 0 Å². The summed E-state index contributed by atoms with van der Waals surface area (Å²) in [6, 6.07) is 7.67. The summed E-state index contributed by atoms with van der Waals surface area (Å²) in [7, 11) is -3.69. The highest BCUT2D eigenvalue weighted by Crippen LogP contribution is 2.38. The number of ether oxygens (including phenoxy) is 1. The topological polar surface area (TPSA) is 131 Å². The van der Waals surface area contributed by atoms with Crippen molar-refractivity contribution < 1.29 is 27.5 Å². The van der Waals surface area contributed by atoms with E-state index in [1.807, 2.05) is 0 Å². The number of sulfonamides is 1. The predicted octanol–water partition coefficient (Wildman–Crippen LogP) is 4.68. The van der Waals surface area contributed by atoms with Gasteiger partial charge in [-0.05, 0) is 81.3 Å². The molecule has 2 aromatic heterocycles. The molecule has 2 atom stereocenters. The monoisotopic (exact) mass is 627 g/mol. The van der Waals surface area contributed by atoms with Crippen LogP contribution in [0.4, 0.5) is 9.80 Å². The van der Waals surface area contributed by atoms with E-state index in [9.17, 15) is 22.8 Å². The molecule has 11 nitrogen and oxygen atoms in total. The molecular weight excluding hydrogens is 590 g/mol. The third kappa shape index (κ3) is 6.24. The van der Waals surface area contributed by atoms with Crippen molar-refractivity contribution in [2.24, 2.45) is 11.8 Å². The molecule has 230 valence electrons. The molecule has 0 spiro atoms. The summed E-state index contributed by atoms with van der Waals surface area (Å²) in [6.45, 7) is 11.3. The molecule has 4 heterocycles. The number of hydrogen-bond acceptors (Lipinski definition) is 8. The molecule has 1 aromatic carbocycles. The van der Waals surface area contributed by atoms with Gasteiger partial charge in [-0.25, -0.2) is 17.9 Å². The van der Waals surface area contributed by atoms with Crippen molar-refractivity contribution in [3.05, 3.63) is 63.3 Å². The number of anilines is 1. The quantitative estimate of drug-likeness (QED) is 0.420. The van der Waals surface area contributed by atoms with Crippen molar-refractivity contribution in [1.29, 1.82) is 0 Å². The van der Waals surface area contributed by atoms with E-state index < -0.39 is 22.0 Å². The first-order valence-electron chi connectivity index (χ1n) is 14.4. The second-order valence-electron chi connectivity index (χ2n) is 11.5. The Morgan fingerprint density at radius 2 is 1.77 bits per heavy atom. The summed E-state index contributed by atoms with van der Waals surface area (Å²) >= 11 is 1.24. The van der Waals surface area contributed by atoms with Gasteiger partial charge in [-0.3, -0.25) is 9.59 Å². The van der Waals surface area contributed by atoms with Crippen LogP contribution in [0.2, 0.25) is 0 Å². The van der Waals surface area contributed by atoms with E-state index in [2.05, 4.69) is 24.3 Å². The lowest BCUT2D eigenvalue weighted by Gasteiger charge is -2.34. The maximum absolute atomic E-state index is 13.8. The number of aromatic nitrogens is 2. The van der Waals surface area contributed by atoms with Crippen molar-refractivity contribution in [1.82, 2.24) is 19.0 Å². The standard InChI is InChI=1S/C30H37N5O6S2/c1-6-41-30(38)33-12-11-24-25(17-33)42-28(26(24)29(37)35-21(5)14-20(4)32-35)31-27(36)22-7-9-23(10-8-22)43(39,40)34-15-18(2)13-19(3)16-34/h7-10,14,18-19H,6,11-13,15-17H2,1-5H3,(H,31,36). The zero-order chi connectivity index (χ0) is 31.1. The van der Waals surface area contributed by atoms with E-state index in [0.717, 1.165) is 16.9 Å². The van der Waals surface area contributed by atoms with Crippen LogP contribution in [0.5, 0.6) is 0 Å². The lowest BCUT2D eigenvalue weighted by molar-refractivity contribution is 0.0941. The second kappa shape index (κ2) is 12.2. The van der Waals surface area contributed by atoms with Gasteiger partial charge in [0.1, 0.15) is 5.00 Å². The summed E-state index contributed by atoms with van der Waals surface area (Å²) < 4.78 is 34.6. The van der Waals surface area contributed by atoms with Crippen molar-refractivity contribution >= 4 is 44.3 Å². The van der Waals surface area contributed by atoms with E-state index in [1.165, 1.54) is 44.6 Å².